The van der Waals surface area contributed by atoms with E-state index in [0.717, 1.165) is 20.7 Å². The van der Waals surface area contributed by atoms with Crippen LogP contribution in [0, 0.1) is 11.8 Å². The van der Waals surface area contributed by atoms with Gasteiger partial charge >= 0.3 is 0 Å². The zero-order valence-electron chi connectivity index (χ0n) is 46.8. The van der Waals surface area contributed by atoms with E-state index in [-0.39, 0.29) is 67.8 Å². The topological polar surface area (TPSA) is 319 Å². The summed E-state index contributed by atoms with van der Waals surface area (Å²) in [5, 5.41) is 30.9. The number of carbonyl (C=O) groups is 2. The van der Waals surface area contributed by atoms with Gasteiger partial charge in [-0.25, -0.2) is 36.2 Å². The number of amides is 2. The van der Waals surface area contributed by atoms with E-state index in [4.69, 9.17) is 46.4 Å². The zero-order valence-corrected chi connectivity index (χ0v) is 51.5. The first kappa shape index (κ1) is 60.9. The summed E-state index contributed by atoms with van der Waals surface area (Å²) in [6.45, 7) is 3.59. The van der Waals surface area contributed by atoms with Crippen LogP contribution in [0.5, 0.6) is 0 Å². The number of halogens is 4. The van der Waals surface area contributed by atoms with Crippen LogP contribution in [0.1, 0.15) is 75.8 Å². The minimum Gasteiger partial charge on any atom is -0.323 e. The van der Waals surface area contributed by atoms with Crippen LogP contribution in [0.15, 0.2) is 132 Å². The monoisotopic (exact) mass is 1310 g/mol. The van der Waals surface area contributed by atoms with E-state index in [1.165, 1.54) is 74.3 Å². The van der Waals surface area contributed by atoms with Crippen LogP contribution >= 0.6 is 46.4 Å². The molecule has 26 nitrogen and oxygen atoms in total. The van der Waals surface area contributed by atoms with Gasteiger partial charge < -0.3 is 10.6 Å². The van der Waals surface area contributed by atoms with Crippen molar-refractivity contribution in [2.24, 2.45) is 11.8 Å². The molecular weight excluding hydrogens is 1260 g/mol. The van der Waals surface area contributed by atoms with E-state index in [1.807, 2.05) is 0 Å². The SMILES string of the molecule is C[C@@H]1CCC[C@H](n2cnc(-c3cc(Cl)ccc3-n3cc(Cl)nn3)cc2=O)c2cc(ccn2)-c2c(cnn2S(C)(=O)=O)NC1=O.C[C@@H]1CCC[C@H](n2cnc(-c3cc(Cl)ccc3-n3cc(Cl)nn3)cc2=O)c2cc(ccn2)-c2nn(S(C)(=O)=O)cc2NC1=O. The van der Waals surface area contributed by atoms with Gasteiger partial charge in [0.05, 0.1) is 108 Å². The van der Waals surface area contributed by atoms with E-state index in [2.05, 4.69) is 61.4 Å². The quantitative estimate of drug-likeness (QED) is 0.144. The van der Waals surface area contributed by atoms with Crippen LogP contribution in [-0.4, -0.2) is 119 Å². The largest absolute Gasteiger partial charge is 0.323 e. The molecule has 0 aliphatic carbocycles. The number of hydrogen-bond acceptors (Lipinski definition) is 18. The van der Waals surface area contributed by atoms with Crippen molar-refractivity contribution in [2.75, 3.05) is 23.1 Å². The lowest BCUT2D eigenvalue weighted by molar-refractivity contribution is -0.120. The van der Waals surface area contributed by atoms with Gasteiger partial charge in [0.1, 0.15) is 11.4 Å². The summed E-state index contributed by atoms with van der Waals surface area (Å²) in [5.74, 6) is -1.31. The average molecular weight is 1310 g/mol. The molecule has 4 atom stereocenters. The average Bonchev–Trinajstić information content (AvgIpc) is 1.70. The third kappa shape index (κ3) is 12.9. The van der Waals surface area contributed by atoms with Gasteiger partial charge in [0.15, 0.2) is 10.3 Å². The molecule has 2 aliphatic heterocycles. The smallest absolute Gasteiger partial charge is 0.254 e. The fourth-order valence-electron chi connectivity index (χ4n) is 10.3. The summed E-state index contributed by atoms with van der Waals surface area (Å²) in [6.07, 6.45) is 16.9. The molecule has 2 aromatic carbocycles. The Balaban J connectivity index is 0.000000182. The molecule has 2 amide bonds. The van der Waals surface area contributed by atoms with Gasteiger partial charge in [-0.15, -0.1) is 10.2 Å². The number of pyridine rings is 2. The predicted octanol–water partition coefficient (Wildman–Crippen LogP) is 8.42. The molecule has 32 heteroatoms. The Hall–Kier alpha value is -8.80. The highest BCUT2D eigenvalue weighted by molar-refractivity contribution is 7.89. The lowest BCUT2D eigenvalue weighted by atomic mass is 9.97. The molecule has 8 aromatic heterocycles. The van der Waals surface area contributed by atoms with Crippen molar-refractivity contribution in [3.05, 3.63) is 175 Å². The highest BCUT2D eigenvalue weighted by Crippen LogP contribution is 2.37. The molecule has 0 saturated carbocycles. The third-order valence-electron chi connectivity index (χ3n) is 14.8. The van der Waals surface area contributed by atoms with Crippen LogP contribution < -0.4 is 21.8 Å². The number of nitrogens with one attached hydrogen (secondary N) is 2. The Bertz CT molecular complexity index is 4720. The Kier molecular flexibility index (Phi) is 17.1. The number of aromatic nitrogens is 16. The number of nitrogens with zero attached hydrogens (tertiary/aromatic N) is 16. The molecule has 2 aliphatic rings. The maximum Gasteiger partial charge on any atom is 0.254 e. The molecular formula is C56H50Cl4N18O8S2. The molecule has 10 aromatic rings. The second kappa shape index (κ2) is 24.8. The number of fused-ring (bicyclic) bond motifs is 8. The first-order valence-electron chi connectivity index (χ1n) is 27.0. The second-order valence-electron chi connectivity index (χ2n) is 21.0. The summed E-state index contributed by atoms with van der Waals surface area (Å²) < 4.78 is 57.4. The molecule has 4 bridgehead atoms. The van der Waals surface area contributed by atoms with Crippen molar-refractivity contribution >= 4 is 89.6 Å². The van der Waals surface area contributed by atoms with Crippen LogP contribution in [0.25, 0.3) is 56.4 Å². The van der Waals surface area contributed by atoms with Gasteiger partial charge in [0, 0.05) is 68.7 Å². The van der Waals surface area contributed by atoms with Crippen molar-refractivity contribution in [3.63, 3.8) is 0 Å². The normalized spacial score (nSPS) is 17.3. The number of rotatable bonds is 8. The highest BCUT2D eigenvalue weighted by Gasteiger charge is 2.29. The Morgan fingerprint density at radius 3 is 1.51 bits per heavy atom. The minimum absolute atomic E-state index is 0.193. The lowest BCUT2D eigenvalue weighted by Gasteiger charge is -2.22. The fraction of sp³-hybridized carbons (Fsp3) is 0.250. The summed E-state index contributed by atoms with van der Waals surface area (Å²) in [6, 6.07) is 18.6. The molecule has 0 spiro atoms. The van der Waals surface area contributed by atoms with E-state index in [9.17, 15) is 36.0 Å². The number of carbonyl (C=O) groups excluding carboxylic acids is 2. The summed E-state index contributed by atoms with van der Waals surface area (Å²) >= 11 is 24.6. The van der Waals surface area contributed by atoms with Gasteiger partial charge in [0.2, 0.25) is 11.8 Å². The Morgan fingerprint density at radius 2 is 1.05 bits per heavy atom. The van der Waals surface area contributed by atoms with Crippen LogP contribution in [-0.2, 0) is 29.6 Å². The molecule has 0 unspecified atom stereocenters. The lowest BCUT2D eigenvalue weighted by Crippen LogP contribution is -2.27. The molecule has 0 saturated heterocycles. The van der Waals surface area contributed by atoms with Crippen LogP contribution in [0.3, 0.4) is 0 Å². The Labute approximate surface area is 521 Å². The van der Waals surface area contributed by atoms with Gasteiger partial charge in [-0.2, -0.15) is 18.4 Å². The van der Waals surface area contributed by atoms with Gasteiger partial charge in [-0.3, -0.25) is 38.3 Å². The maximum absolute atomic E-state index is 13.7. The fourth-order valence-corrected chi connectivity index (χ4v) is 12.2. The molecule has 2 N–H and O–H groups in total. The molecule has 0 fully saturated rings. The van der Waals surface area contributed by atoms with E-state index in [1.54, 1.807) is 80.7 Å². The van der Waals surface area contributed by atoms with Gasteiger partial charge in [0.25, 0.3) is 31.2 Å². The molecule has 12 rings (SSSR count). The molecule has 10 heterocycles. The number of anilines is 2. The summed E-state index contributed by atoms with van der Waals surface area (Å²) in [5.41, 5.74) is 5.32. The number of benzene rings is 2. The predicted molar refractivity (Wildman–Crippen MR) is 329 cm³/mol. The molecule has 452 valence electrons. The summed E-state index contributed by atoms with van der Waals surface area (Å²) in [4.78, 5) is 71.8. The number of hydrogen-bond donors (Lipinski definition) is 2. The summed E-state index contributed by atoms with van der Waals surface area (Å²) in [7, 11) is -7.54. The van der Waals surface area contributed by atoms with Gasteiger partial charge in [-0.05, 0) is 86.3 Å². The van der Waals surface area contributed by atoms with Crippen molar-refractivity contribution in [1.29, 1.82) is 0 Å². The maximum atomic E-state index is 13.7. The standard InChI is InChI=1S/2C28H25Cl2N9O4S/c1-16-4-3-5-24(21-10-17(8-9-31-21)27-22(33-28(16)41)13-39(35-27)44(2,42)43)37-15-32-20(12-26(37)40)19-11-18(29)6-7-23(19)38-14-25(30)34-36-38;1-16-4-3-5-24(21-10-17(8-9-31-21)27-22(34-28(16)41)13-33-39(27)44(2,42)43)37-15-32-20(12-26(37)40)19-11-18(29)6-7-23(19)38-14-25(30)35-36-38/h6-16,24H,3-5H2,1-2H3,(H,33,41);6-16,24H,3-5H2,1-2H3,(H,34,41)/t2*16-,24+/m11/s1. The molecule has 0 radical (unpaired) electrons. The van der Waals surface area contributed by atoms with Crippen molar-refractivity contribution in [3.8, 4) is 56.4 Å². The van der Waals surface area contributed by atoms with E-state index < -0.39 is 32.1 Å². The second-order valence-corrected chi connectivity index (χ2v) is 26.3. The first-order chi connectivity index (χ1) is 42.0. The van der Waals surface area contributed by atoms with Crippen LogP contribution in [0.2, 0.25) is 20.4 Å². The van der Waals surface area contributed by atoms with E-state index >= 15 is 0 Å². The van der Waals surface area contributed by atoms with Crippen molar-refractivity contribution in [1.82, 2.24) is 77.4 Å². The van der Waals surface area contributed by atoms with Crippen molar-refractivity contribution < 1.29 is 26.4 Å². The Morgan fingerprint density at radius 1 is 0.557 bits per heavy atom. The van der Waals surface area contributed by atoms with Crippen LogP contribution in [0.4, 0.5) is 11.4 Å². The highest BCUT2D eigenvalue weighted by atomic mass is 35.5. The third-order valence-corrected chi connectivity index (χ3v) is 17.3. The minimum atomic E-state index is -3.82. The first-order valence-corrected chi connectivity index (χ1v) is 32.2. The zero-order chi connectivity index (χ0) is 62.3. The van der Waals surface area contributed by atoms with Gasteiger partial charge in [-0.1, -0.05) is 83.5 Å². The van der Waals surface area contributed by atoms with E-state index in [0.29, 0.717) is 105 Å². The van der Waals surface area contributed by atoms with Crippen molar-refractivity contribution in [2.45, 2.75) is 64.5 Å². The molecule has 88 heavy (non-hydrogen) atoms.